The van der Waals surface area contributed by atoms with Crippen molar-refractivity contribution in [3.05, 3.63) is 53.7 Å². The van der Waals surface area contributed by atoms with Crippen molar-refractivity contribution in [2.45, 2.75) is 19.9 Å². The van der Waals surface area contributed by atoms with Crippen molar-refractivity contribution in [1.82, 2.24) is 15.6 Å². The normalized spacial score (nSPS) is 14.1. The van der Waals surface area contributed by atoms with Crippen molar-refractivity contribution in [2.24, 2.45) is 4.99 Å². The van der Waals surface area contributed by atoms with Gasteiger partial charge in [0.1, 0.15) is 11.6 Å². The minimum Gasteiger partial charge on any atom is -0.497 e. The number of anilines is 1. The zero-order valence-electron chi connectivity index (χ0n) is 17.8. The Morgan fingerprint density at radius 3 is 2.63 bits per heavy atom. The van der Waals surface area contributed by atoms with Crippen molar-refractivity contribution in [3.8, 4) is 5.75 Å². The van der Waals surface area contributed by atoms with Gasteiger partial charge >= 0.3 is 0 Å². The first-order valence-electron chi connectivity index (χ1n) is 10.2. The number of nitrogens with zero attached hydrogens (tertiary/aromatic N) is 3. The molecule has 0 unspecified atom stereocenters. The van der Waals surface area contributed by atoms with Crippen LogP contribution in [0.1, 0.15) is 18.1 Å². The number of morpholine rings is 1. The van der Waals surface area contributed by atoms with E-state index in [2.05, 4.69) is 45.6 Å². The quantitative estimate of drug-likeness (QED) is 0.314. The maximum atomic E-state index is 5.46. The van der Waals surface area contributed by atoms with Crippen LogP contribution in [0.5, 0.6) is 5.75 Å². The highest BCUT2D eigenvalue weighted by molar-refractivity contribution is 14.0. The number of hydrogen-bond donors (Lipinski definition) is 2. The van der Waals surface area contributed by atoms with E-state index in [4.69, 9.17) is 14.5 Å². The molecule has 0 spiro atoms. The van der Waals surface area contributed by atoms with Gasteiger partial charge in [0.15, 0.2) is 5.96 Å². The van der Waals surface area contributed by atoms with Crippen molar-refractivity contribution >= 4 is 35.8 Å². The molecule has 8 heteroatoms. The van der Waals surface area contributed by atoms with E-state index in [1.165, 1.54) is 5.56 Å². The maximum absolute atomic E-state index is 5.46. The van der Waals surface area contributed by atoms with Gasteiger partial charge in [0.05, 0.1) is 26.9 Å². The van der Waals surface area contributed by atoms with Gasteiger partial charge in [0, 0.05) is 37.9 Å². The molecule has 7 nitrogen and oxygen atoms in total. The first kappa shape index (κ1) is 24.2. The molecule has 30 heavy (non-hydrogen) atoms. The summed E-state index contributed by atoms with van der Waals surface area (Å²) in [5.74, 6) is 2.70. The number of rotatable bonds is 8. The second kappa shape index (κ2) is 13.3. The van der Waals surface area contributed by atoms with Crippen LogP contribution in [0.3, 0.4) is 0 Å². The predicted octanol–water partition coefficient (Wildman–Crippen LogP) is 2.84. The number of guanidine groups is 1. The number of aliphatic imine (C=N–C) groups is 1. The fourth-order valence-electron chi connectivity index (χ4n) is 3.24. The summed E-state index contributed by atoms with van der Waals surface area (Å²) in [6.45, 7) is 7.51. The molecule has 1 saturated heterocycles. The predicted molar refractivity (Wildman–Crippen MR) is 132 cm³/mol. The molecular formula is C22H32IN5O2. The van der Waals surface area contributed by atoms with Gasteiger partial charge in [-0.05, 0) is 37.1 Å². The van der Waals surface area contributed by atoms with E-state index in [-0.39, 0.29) is 24.0 Å². The number of hydrogen-bond acceptors (Lipinski definition) is 5. The number of halogens is 1. The van der Waals surface area contributed by atoms with Gasteiger partial charge in [-0.3, -0.25) is 0 Å². The van der Waals surface area contributed by atoms with E-state index >= 15 is 0 Å². The summed E-state index contributed by atoms with van der Waals surface area (Å²) < 4.78 is 10.7. The molecule has 1 fully saturated rings. The van der Waals surface area contributed by atoms with Crippen LogP contribution in [0.25, 0.3) is 0 Å². The van der Waals surface area contributed by atoms with Crippen LogP contribution in [-0.2, 0) is 17.7 Å². The molecule has 0 radical (unpaired) electrons. The lowest BCUT2D eigenvalue weighted by Gasteiger charge is -2.29. The summed E-state index contributed by atoms with van der Waals surface area (Å²) >= 11 is 0. The molecule has 2 N–H and O–H groups in total. The van der Waals surface area contributed by atoms with Crippen molar-refractivity contribution in [2.75, 3.05) is 51.4 Å². The van der Waals surface area contributed by atoms with E-state index in [1.807, 2.05) is 24.4 Å². The largest absolute Gasteiger partial charge is 0.497 e. The van der Waals surface area contributed by atoms with E-state index in [1.54, 1.807) is 7.11 Å². The third kappa shape index (κ3) is 7.32. The minimum atomic E-state index is 0. The Morgan fingerprint density at radius 2 is 1.93 bits per heavy atom. The molecule has 2 aromatic rings. The summed E-state index contributed by atoms with van der Waals surface area (Å²) in [6.07, 6.45) is 2.76. The molecule has 0 bridgehead atoms. The van der Waals surface area contributed by atoms with E-state index in [0.717, 1.165) is 68.9 Å². The van der Waals surface area contributed by atoms with Crippen LogP contribution in [0.4, 0.5) is 5.82 Å². The van der Waals surface area contributed by atoms with Gasteiger partial charge < -0.3 is 25.0 Å². The smallest absolute Gasteiger partial charge is 0.191 e. The second-order valence-corrected chi connectivity index (χ2v) is 6.81. The fourth-order valence-corrected chi connectivity index (χ4v) is 3.24. The molecule has 0 saturated carbocycles. The Kier molecular flexibility index (Phi) is 10.7. The first-order chi connectivity index (χ1) is 14.3. The summed E-state index contributed by atoms with van der Waals surface area (Å²) in [5, 5.41) is 6.74. The molecule has 1 aromatic heterocycles. The zero-order valence-corrected chi connectivity index (χ0v) is 20.1. The molecule has 1 aliphatic rings. The number of benzene rings is 1. The number of pyridine rings is 1. The van der Waals surface area contributed by atoms with Crippen LogP contribution in [0.15, 0.2) is 47.6 Å². The van der Waals surface area contributed by atoms with Gasteiger partial charge in [0.25, 0.3) is 0 Å². The molecule has 0 aliphatic carbocycles. The Morgan fingerprint density at radius 1 is 1.17 bits per heavy atom. The van der Waals surface area contributed by atoms with Gasteiger partial charge in [-0.15, -0.1) is 24.0 Å². The first-order valence-corrected chi connectivity index (χ1v) is 10.2. The Balaban J connectivity index is 0.00000320. The molecule has 1 aliphatic heterocycles. The maximum Gasteiger partial charge on any atom is 0.191 e. The van der Waals surface area contributed by atoms with E-state index in [9.17, 15) is 0 Å². The Labute approximate surface area is 196 Å². The van der Waals surface area contributed by atoms with Crippen LogP contribution in [0, 0.1) is 0 Å². The van der Waals surface area contributed by atoms with E-state index in [0.29, 0.717) is 6.54 Å². The summed E-state index contributed by atoms with van der Waals surface area (Å²) in [7, 11) is 1.68. The number of aromatic nitrogens is 1. The number of nitrogens with one attached hydrogen (secondary N) is 2. The van der Waals surface area contributed by atoms with Crippen LogP contribution in [0.2, 0.25) is 0 Å². The third-order valence-corrected chi connectivity index (χ3v) is 4.80. The highest BCUT2D eigenvalue weighted by Gasteiger charge is 2.15. The van der Waals surface area contributed by atoms with Gasteiger partial charge in [0.2, 0.25) is 0 Å². The molecule has 1 aromatic carbocycles. The number of ether oxygens (including phenoxy) is 2. The van der Waals surface area contributed by atoms with E-state index < -0.39 is 0 Å². The Bertz CT molecular complexity index is 779. The highest BCUT2D eigenvalue weighted by atomic mass is 127. The Hall–Kier alpha value is -2.07. The molecule has 0 atom stereocenters. The summed E-state index contributed by atoms with van der Waals surface area (Å²) in [6, 6.07) is 12.2. The second-order valence-electron chi connectivity index (χ2n) is 6.81. The average Bonchev–Trinajstić information content (AvgIpc) is 2.79. The zero-order chi connectivity index (χ0) is 20.3. The fraction of sp³-hybridized carbons (Fsp3) is 0.455. The van der Waals surface area contributed by atoms with Crippen molar-refractivity contribution in [3.63, 3.8) is 0 Å². The standard InChI is InChI=1S/C22H31N5O2.HI/c1-3-23-22(25-12-10-18-6-8-20(28-2)9-7-18)26-17-19-5-4-11-24-21(19)27-13-15-29-16-14-27;/h4-9,11H,3,10,12-17H2,1-2H3,(H2,23,25,26);1H. The summed E-state index contributed by atoms with van der Waals surface area (Å²) in [4.78, 5) is 11.6. The highest BCUT2D eigenvalue weighted by Crippen LogP contribution is 2.19. The summed E-state index contributed by atoms with van der Waals surface area (Å²) in [5.41, 5.74) is 2.39. The van der Waals surface area contributed by atoms with Crippen molar-refractivity contribution < 1.29 is 9.47 Å². The van der Waals surface area contributed by atoms with Gasteiger partial charge in [-0.2, -0.15) is 0 Å². The lowest BCUT2D eigenvalue weighted by atomic mass is 10.1. The lowest BCUT2D eigenvalue weighted by Crippen LogP contribution is -2.38. The topological polar surface area (TPSA) is 71.0 Å². The molecule has 0 amide bonds. The van der Waals surface area contributed by atoms with Crippen LogP contribution in [-0.4, -0.2) is 57.4 Å². The van der Waals surface area contributed by atoms with Gasteiger partial charge in [-0.25, -0.2) is 9.98 Å². The number of methoxy groups -OCH3 is 1. The monoisotopic (exact) mass is 525 g/mol. The van der Waals surface area contributed by atoms with Crippen molar-refractivity contribution in [1.29, 1.82) is 0 Å². The average molecular weight is 525 g/mol. The van der Waals surface area contributed by atoms with Crippen LogP contribution >= 0.6 is 24.0 Å². The lowest BCUT2D eigenvalue weighted by molar-refractivity contribution is 0.122. The molecule has 3 rings (SSSR count). The third-order valence-electron chi connectivity index (χ3n) is 4.80. The molecular weight excluding hydrogens is 493 g/mol. The molecule has 164 valence electrons. The van der Waals surface area contributed by atoms with Crippen LogP contribution < -0.4 is 20.3 Å². The molecule has 2 heterocycles. The minimum absolute atomic E-state index is 0. The SMILES string of the molecule is CCNC(=NCc1cccnc1N1CCOCC1)NCCc1ccc(OC)cc1.I. The van der Waals surface area contributed by atoms with Gasteiger partial charge in [-0.1, -0.05) is 18.2 Å².